The van der Waals surface area contributed by atoms with E-state index in [1.54, 1.807) is 29.5 Å². The molecule has 1 amide bonds. The molecule has 0 N–H and O–H groups in total. The van der Waals surface area contributed by atoms with Crippen molar-refractivity contribution in [3.63, 3.8) is 0 Å². The molecule has 1 aliphatic rings. The fraction of sp³-hybridized carbons (Fsp3) is 0.278. The molecule has 0 unspecified atom stereocenters. The SMILES string of the molecule is Cc1nccc([C@@H]2CCCN2C(=O)c2ccc(-n3ccnc3)nc2)n1. The first kappa shape index (κ1) is 15.4. The van der Waals surface area contributed by atoms with E-state index in [0.29, 0.717) is 5.56 Å². The number of aryl methyl sites for hydroxylation is 1. The van der Waals surface area contributed by atoms with Gasteiger partial charge in [0.1, 0.15) is 18.0 Å². The van der Waals surface area contributed by atoms with Crippen molar-refractivity contribution in [2.45, 2.75) is 25.8 Å². The minimum Gasteiger partial charge on any atom is -0.330 e. The molecule has 4 rings (SSSR count). The normalized spacial score (nSPS) is 17.0. The van der Waals surface area contributed by atoms with E-state index in [2.05, 4.69) is 19.9 Å². The van der Waals surface area contributed by atoms with Crippen LogP contribution >= 0.6 is 0 Å². The van der Waals surface area contributed by atoms with Crippen LogP contribution in [0.1, 0.15) is 40.8 Å². The third kappa shape index (κ3) is 3.00. The lowest BCUT2D eigenvalue weighted by Gasteiger charge is -2.24. The summed E-state index contributed by atoms with van der Waals surface area (Å²) in [4.78, 5) is 31.8. The van der Waals surface area contributed by atoms with Crippen LogP contribution in [0.5, 0.6) is 0 Å². The molecule has 7 heteroatoms. The zero-order valence-corrected chi connectivity index (χ0v) is 13.9. The maximum Gasteiger partial charge on any atom is 0.255 e. The summed E-state index contributed by atoms with van der Waals surface area (Å²) in [5.41, 5.74) is 1.49. The number of aromatic nitrogens is 5. The zero-order chi connectivity index (χ0) is 17.2. The number of hydrogen-bond acceptors (Lipinski definition) is 5. The molecule has 126 valence electrons. The Hall–Kier alpha value is -3.09. The van der Waals surface area contributed by atoms with E-state index < -0.39 is 0 Å². The van der Waals surface area contributed by atoms with Crippen LogP contribution in [-0.2, 0) is 0 Å². The molecule has 7 nitrogen and oxygen atoms in total. The summed E-state index contributed by atoms with van der Waals surface area (Å²) in [5.74, 6) is 1.45. The molecule has 25 heavy (non-hydrogen) atoms. The van der Waals surface area contributed by atoms with Crippen molar-refractivity contribution in [2.24, 2.45) is 0 Å². The minimum absolute atomic E-state index is 0.00234. The minimum atomic E-state index is -0.0107. The smallest absolute Gasteiger partial charge is 0.255 e. The van der Waals surface area contributed by atoms with Gasteiger partial charge >= 0.3 is 0 Å². The number of hydrogen-bond donors (Lipinski definition) is 0. The Morgan fingerprint density at radius 3 is 2.84 bits per heavy atom. The highest BCUT2D eigenvalue weighted by atomic mass is 16.2. The largest absolute Gasteiger partial charge is 0.330 e. The van der Waals surface area contributed by atoms with Crippen molar-refractivity contribution in [3.05, 3.63) is 66.4 Å². The van der Waals surface area contributed by atoms with Gasteiger partial charge in [0.05, 0.1) is 17.3 Å². The van der Waals surface area contributed by atoms with Gasteiger partial charge in [-0.2, -0.15) is 0 Å². The van der Waals surface area contributed by atoms with Gasteiger partial charge in [-0.3, -0.25) is 9.36 Å². The van der Waals surface area contributed by atoms with Crippen molar-refractivity contribution >= 4 is 5.91 Å². The van der Waals surface area contributed by atoms with Crippen molar-refractivity contribution in [1.29, 1.82) is 0 Å². The van der Waals surface area contributed by atoms with Crippen LogP contribution in [0.4, 0.5) is 0 Å². The molecule has 1 atom stereocenters. The number of rotatable bonds is 3. The van der Waals surface area contributed by atoms with Crippen molar-refractivity contribution in [2.75, 3.05) is 6.54 Å². The summed E-state index contributed by atoms with van der Waals surface area (Å²) < 4.78 is 1.80. The number of likely N-dealkylation sites (tertiary alicyclic amines) is 1. The van der Waals surface area contributed by atoms with Crippen LogP contribution < -0.4 is 0 Å². The van der Waals surface area contributed by atoms with Gasteiger partial charge in [0, 0.05) is 31.3 Å². The third-order valence-electron chi connectivity index (χ3n) is 4.42. The van der Waals surface area contributed by atoms with Crippen molar-refractivity contribution in [3.8, 4) is 5.82 Å². The first-order valence-electron chi connectivity index (χ1n) is 8.27. The molecule has 0 spiro atoms. The first-order valence-corrected chi connectivity index (χ1v) is 8.27. The number of pyridine rings is 1. The quantitative estimate of drug-likeness (QED) is 0.735. The van der Waals surface area contributed by atoms with Gasteiger partial charge in [0.2, 0.25) is 0 Å². The highest BCUT2D eigenvalue weighted by Gasteiger charge is 2.31. The van der Waals surface area contributed by atoms with Crippen LogP contribution in [0.25, 0.3) is 5.82 Å². The Labute approximate surface area is 145 Å². The van der Waals surface area contributed by atoms with E-state index in [9.17, 15) is 4.79 Å². The predicted molar refractivity (Wildman–Crippen MR) is 91.1 cm³/mol. The standard InChI is InChI=1S/C18H18N6O/c1-13-20-7-6-15(22-13)16-3-2-9-24(16)18(25)14-4-5-17(21-11-14)23-10-8-19-12-23/h4-8,10-12,16H,2-3,9H2,1H3/t16-/m0/s1. The van der Waals surface area contributed by atoms with Gasteiger partial charge in [-0.25, -0.2) is 19.9 Å². The first-order chi connectivity index (χ1) is 12.2. The summed E-state index contributed by atoms with van der Waals surface area (Å²) in [6.45, 7) is 2.60. The lowest BCUT2D eigenvalue weighted by atomic mass is 10.1. The molecule has 0 radical (unpaired) electrons. The summed E-state index contributed by atoms with van der Waals surface area (Å²) >= 11 is 0. The number of amides is 1. The van der Waals surface area contributed by atoms with E-state index in [-0.39, 0.29) is 11.9 Å². The zero-order valence-electron chi connectivity index (χ0n) is 13.9. The van der Waals surface area contributed by atoms with Gasteiger partial charge in [0.25, 0.3) is 5.91 Å². The van der Waals surface area contributed by atoms with E-state index in [1.165, 1.54) is 0 Å². The van der Waals surface area contributed by atoms with Crippen molar-refractivity contribution < 1.29 is 4.79 Å². The predicted octanol–water partition coefficient (Wildman–Crippen LogP) is 2.34. The Morgan fingerprint density at radius 1 is 1.20 bits per heavy atom. The summed E-state index contributed by atoms with van der Waals surface area (Å²) in [6, 6.07) is 5.53. The van der Waals surface area contributed by atoms with Gasteiger partial charge < -0.3 is 4.90 Å². The summed E-state index contributed by atoms with van der Waals surface area (Å²) in [5, 5.41) is 0. The molecule has 0 aromatic carbocycles. The molecule has 1 fully saturated rings. The number of nitrogens with zero attached hydrogens (tertiary/aromatic N) is 6. The van der Waals surface area contributed by atoms with E-state index in [0.717, 1.165) is 36.7 Å². The molecule has 3 aromatic heterocycles. The number of imidazole rings is 1. The highest BCUT2D eigenvalue weighted by Crippen LogP contribution is 2.31. The number of carbonyl (C=O) groups excluding carboxylic acids is 1. The van der Waals surface area contributed by atoms with E-state index in [1.807, 2.05) is 36.2 Å². The van der Waals surface area contributed by atoms with E-state index >= 15 is 0 Å². The van der Waals surface area contributed by atoms with Gasteiger partial charge in [-0.1, -0.05) is 0 Å². The third-order valence-corrected chi connectivity index (χ3v) is 4.42. The lowest BCUT2D eigenvalue weighted by molar-refractivity contribution is 0.0732. The van der Waals surface area contributed by atoms with Crippen LogP contribution in [0, 0.1) is 6.92 Å². The maximum atomic E-state index is 12.9. The van der Waals surface area contributed by atoms with Crippen LogP contribution in [0.3, 0.4) is 0 Å². The Bertz CT molecular complexity index is 875. The molecular formula is C18H18N6O. The van der Waals surface area contributed by atoms with Gasteiger partial charge in [-0.15, -0.1) is 0 Å². The van der Waals surface area contributed by atoms with Gasteiger partial charge in [0.15, 0.2) is 0 Å². The Kier molecular flexibility index (Phi) is 3.97. The highest BCUT2D eigenvalue weighted by molar-refractivity contribution is 5.94. The van der Waals surface area contributed by atoms with Crippen LogP contribution in [0.15, 0.2) is 49.3 Å². The molecular weight excluding hydrogens is 316 g/mol. The molecule has 3 aromatic rings. The summed E-state index contributed by atoms with van der Waals surface area (Å²) in [7, 11) is 0. The Morgan fingerprint density at radius 2 is 2.12 bits per heavy atom. The Balaban J connectivity index is 1.57. The fourth-order valence-electron chi connectivity index (χ4n) is 3.20. The molecule has 0 bridgehead atoms. The fourth-order valence-corrected chi connectivity index (χ4v) is 3.20. The molecule has 0 saturated carbocycles. The van der Waals surface area contributed by atoms with Crippen LogP contribution in [0.2, 0.25) is 0 Å². The lowest BCUT2D eigenvalue weighted by Crippen LogP contribution is -2.31. The molecule has 1 aliphatic heterocycles. The second-order valence-corrected chi connectivity index (χ2v) is 6.06. The second kappa shape index (κ2) is 6.43. The molecule has 1 saturated heterocycles. The summed E-state index contributed by atoms with van der Waals surface area (Å²) in [6.07, 6.45) is 10.5. The van der Waals surface area contributed by atoms with Gasteiger partial charge in [-0.05, 0) is 38.0 Å². The average molecular weight is 334 g/mol. The van der Waals surface area contributed by atoms with Crippen LogP contribution in [-0.4, -0.2) is 41.9 Å². The monoisotopic (exact) mass is 334 g/mol. The topological polar surface area (TPSA) is 76.8 Å². The second-order valence-electron chi connectivity index (χ2n) is 6.06. The maximum absolute atomic E-state index is 12.9. The van der Waals surface area contributed by atoms with Crippen molar-refractivity contribution in [1.82, 2.24) is 29.4 Å². The number of carbonyl (C=O) groups is 1. The molecule has 0 aliphatic carbocycles. The average Bonchev–Trinajstić information content (AvgIpc) is 3.33. The van der Waals surface area contributed by atoms with E-state index in [4.69, 9.17) is 0 Å². The molecule has 4 heterocycles.